The monoisotopic (exact) mass is 550 g/mol. The molecule has 0 aliphatic rings. The second kappa shape index (κ2) is 14.8. The van der Waals surface area contributed by atoms with Crippen LogP contribution in [-0.2, 0) is 37.1 Å². The molecule has 0 saturated heterocycles. The van der Waals surface area contributed by atoms with Crippen molar-refractivity contribution >= 4 is 27.6 Å². The number of carbonyl (C=O) groups is 3. The summed E-state index contributed by atoms with van der Waals surface area (Å²) >= 11 is 0. The van der Waals surface area contributed by atoms with Crippen molar-refractivity contribution in [1.29, 1.82) is 0 Å². The van der Waals surface area contributed by atoms with Gasteiger partial charge in [-0.25, -0.2) is 8.42 Å². The molecule has 39 heavy (non-hydrogen) atoms. The van der Waals surface area contributed by atoms with Gasteiger partial charge in [0.15, 0.2) is 9.84 Å². The van der Waals surface area contributed by atoms with Crippen LogP contribution >= 0.6 is 0 Å². The van der Waals surface area contributed by atoms with Crippen LogP contribution in [0, 0.1) is 0 Å². The normalized spacial score (nSPS) is 12.7. The smallest absolute Gasteiger partial charge is 0.303 e. The molecular weight excluding hydrogens is 516 g/mol. The Kier molecular flexibility index (Phi) is 11.2. The molecule has 0 spiro atoms. The summed E-state index contributed by atoms with van der Waals surface area (Å²) in [6.07, 6.45) is 0.944. The summed E-state index contributed by atoms with van der Waals surface area (Å²) < 4.78 is 25.9. The third kappa shape index (κ3) is 10.4. The van der Waals surface area contributed by atoms with Gasteiger partial charge >= 0.3 is 5.97 Å². The van der Waals surface area contributed by atoms with E-state index in [9.17, 15) is 22.8 Å². The summed E-state index contributed by atoms with van der Waals surface area (Å²) in [5.41, 5.74) is 1.88. The van der Waals surface area contributed by atoms with Crippen LogP contribution < -0.4 is 10.6 Å². The van der Waals surface area contributed by atoms with Gasteiger partial charge < -0.3 is 15.7 Å². The quantitative estimate of drug-likeness (QED) is 0.265. The molecule has 0 unspecified atom stereocenters. The third-order valence-electron chi connectivity index (χ3n) is 6.31. The lowest BCUT2D eigenvalue weighted by Crippen LogP contribution is -2.51. The first kappa shape index (κ1) is 29.6. The maximum Gasteiger partial charge on any atom is 0.303 e. The summed E-state index contributed by atoms with van der Waals surface area (Å²) in [5, 5.41) is 14.5. The maximum absolute atomic E-state index is 13.4. The SMILES string of the molecule is O=C(O)CCC(=O)N[C@@H](Cc1ccccc1)C(=O)N[C@@H](CCc1ccccc1)CCS(=O)(=O)c1ccccc1. The van der Waals surface area contributed by atoms with E-state index in [4.69, 9.17) is 5.11 Å². The van der Waals surface area contributed by atoms with Crippen molar-refractivity contribution in [1.82, 2.24) is 10.6 Å². The fraction of sp³-hybridized carbons (Fsp3) is 0.300. The Morgan fingerprint density at radius 3 is 1.87 bits per heavy atom. The molecule has 0 bridgehead atoms. The highest BCUT2D eigenvalue weighted by Crippen LogP contribution is 2.15. The Bertz CT molecular complexity index is 1320. The number of aryl methyl sites for hydroxylation is 1. The number of hydrogen-bond donors (Lipinski definition) is 3. The van der Waals surface area contributed by atoms with Gasteiger partial charge in [-0.1, -0.05) is 78.9 Å². The fourth-order valence-corrected chi connectivity index (χ4v) is 5.57. The number of hydrogen-bond acceptors (Lipinski definition) is 5. The fourth-order valence-electron chi connectivity index (χ4n) is 4.17. The van der Waals surface area contributed by atoms with E-state index in [1.165, 1.54) is 0 Å². The van der Waals surface area contributed by atoms with Crippen LogP contribution in [0.4, 0.5) is 0 Å². The molecule has 3 rings (SSSR count). The number of benzene rings is 3. The molecular formula is C30H34N2O6S. The van der Waals surface area contributed by atoms with Crippen molar-refractivity contribution in [3.63, 3.8) is 0 Å². The van der Waals surface area contributed by atoms with Crippen molar-refractivity contribution in [3.8, 4) is 0 Å². The first-order valence-corrected chi connectivity index (χ1v) is 14.6. The molecule has 0 aromatic heterocycles. The van der Waals surface area contributed by atoms with E-state index < -0.39 is 39.7 Å². The minimum Gasteiger partial charge on any atom is -0.481 e. The minimum atomic E-state index is -3.55. The molecule has 0 saturated carbocycles. The maximum atomic E-state index is 13.4. The van der Waals surface area contributed by atoms with E-state index in [2.05, 4.69) is 10.6 Å². The number of carboxylic acids is 1. The average Bonchev–Trinajstić information content (AvgIpc) is 2.94. The van der Waals surface area contributed by atoms with Crippen molar-refractivity contribution in [3.05, 3.63) is 102 Å². The van der Waals surface area contributed by atoms with Crippen molar-refractivity contribution in [2.24, 2.45) is 0 Å². The second-order valence-electron chi connectivity index (χ2n) is 9.35. The number of amides is 2. The molecule has 2 amide bonds. The number of aliphatic carboxylic acids is 1. The van der Waals surface area contributed by atoms with Gasteiger partial charge in [0.1, 0.15) is 6.04 Å². The Morgan fingerprint density at radius 2 is 1.28 bits per heavy atom. The number of carboxylic acid groups (broad SMARTS) is 1. The lowest BCUT2D eigenvalue weighted by Gasteiger charge is -2.24. The Balaban J connectivity index is 1.75. The van der Waals surface area contributed by atoms with Crippen LogP contribution in [0.2, 0.25) is 0 Å². The van der Waals surface area contributed by atoms with Gasteiger partial charge in [-0.3, -0.25) is 14.4 Å². The lowest BCUT2D eigenvalue weighted by molar-refractivity contribution is -0.139. The molecule has 8 nitrogen and oxygen atoms in total. The van der Waals surface area contributed by atoms with Crippen LogP contribution in [0.25, 0.3) is 0 Å². The topological polar surface area (TPSA) is 130 Å². The average molecular weight is 551 g/mol. The lowest BCUT2D eigenvalue weighted by atomic mass is 10.0. The molecule has 3 N–H and O–H groups in total. The predicted molar refractivity (Wildman–Crippen MR) is 149 cm³/mol. The van der Waals surface area contributed by atoms with Gasteiger partial charge in [-0.05, 0) is 42.5 Å². The molecule has 0 radical (unpaired) electrons. The van der Waals surface area contributed by atoms with Crippen molar-refractivity contribution in [2.45, 2.75) is 55.5 Å². The van der Waals surface area contributed by atoms with Crippen LogP contribution in [0.5, 0.6) is 0 Å². The third-order valence-corrected chi connectivity index (χ3v) is 8.07. The molecule has 3 aromatic rings. The van der Waals surface area contributed by atoms with E-state index in [1.54, 1.807) is 30.3 Å². The van der Waals surface area contributed by atoms with Gasteiger partial charge in [0.05, 0.1) is 17.1 Å². The van der Waals surface area contributed by atoms with Crippen LogP contribution in [-0.4, -0.2) is 49.1 Å². The van der Waals surface area contributed by atoms with Gasteiger partial charge in [0.2, 0.25) is 11.8 Å². The summed E-state index contributed by atoms with van der Waals surface area (Å²) in [6, 6.07) is 25.7. The molecule has 0 heterocycles. The van der Waals surface area contributed by atoms with Gasteiger partial charge in [0, 0.05) is 18.9 Å². The number of nitrogens with one attached hydrogen (secondary N) is 2. The first-order valence-electron chi connectivity index (χ1n) is 12.9. The first-order chi connectivity index (χ1) is 18.7. The van der Waals surface area contributed by atoms with Crippen LogP contribution in [0.3, 0.4) is 0 Å². The number of sulfone groups is 1. The Labute approximate surface area is 229 Å². The van der Waals surface area contributed by atoms with E-state index in [-0.39, 0.29) is 36.3 Å². The zero-order valence-electron chi connectivity index (χ0n) is 21.7. The van der Waals surface area contributed by atoms with E-state index in [0.717, 1.165) is 11.1 Å². The highest BCUT2D eigenvalue weighted by atomic mass is 32.2. The van der Waals surface area contributed by atoms with E-state index in [1.807, 2.05) is 60.7 Å². The molecule has 2 atom stereocenters. The Hall–Kier alpha value is -3.98. The molecule has 3 aromatic carbocycles. The van der Waals surface area contributed by atoms with Gasteiger partial charge in [-0.2, -0.15) is 0 Å². The summed E-state index contributed by atoms with van der Waals surface area (Å²) in [7, 11) is -3.55. The standard InChI is InChI=1S/C30H34N2O6S/c33-28(18-19-29(34)35)32-27(22-24-12-6-2-7-13-24)30(36)31-25(17-16-23-10-4-1-5-11-23)20-21-39(37,38)26-14-8-3-9-15-26/h1-15,25,27H,16-22H2,(H,31,36)(H,32,33)(H,34,35)/t25-,27-/m0/s1. The summed E-state index contributed by atoms with van der Waals surface area (Å²) in [4.78, 5) is 37.0. The van der Waals surface area contributed by atoms with Crippen molar-refractivity contribution in [2.75, 3.05) is 5.75 Å². The van der Waals surface area contributed by atoms with Crippen molar-refractivity contribution < 1.29 is 27.9 Å². The van der Waals surface area contributed by atoms with Crippen LogP contribution in [0.15, 0.2) is 95.9 Å². The Morgan fingerprint density at radius 1 is 0.718 bits per heavy atom. The molecule has 0 fully saturated rings. The zero-order valence-corrected chi connectivity index (χ0v) is 22.5. The molecule has 0 aliphatic carbocycles. The summed E-state index contributed by atoms with van der Waals surface area (Å²) in [5.74, 6) is -2.24. The van der Waals surface area contributed by atoms with Gasteiger partial charge in [0.25, 0.3) is 0 Å². The second-order valence-corrected chi connectivity index (χ2v) is 11.5. The molecule has 0 aliphatic heterocycles. The highest BCUT2D eigenvalue weighted by molar-refractivity contribution is 7.91. The predicted octanol–water partition coefficient (Wildman–Crippen LogP) is 3.56. The highest BCUT2D eigenvalue weighted by Gasteiger charge is 2.25. The molecule has 9 heteroatoms. The zero-order chi connectivity index (χ0) is 28.1. The molecule has 206 valence electrons. The summed E-state index contributed by atoms with van der Waals surface area (Å²) in [6.45, 7) is 0. The minimum absolute atomic E-state index is 0.148. The van der Waals surface area contributed by atoms with E-state index >= 15 is 0 Å². The van der Waals surface area contributed by atoms with E-state index in [0.29, 0.717) is 12.8 Å². The number of carbonyl (C=O) groups excluding carboxylic acids is 2. The van der Waals surface area contributed by atoms with Crippen LogP contribution in [0.1, 0.15) is 36.8 Å². The van der Waals surface area contributed by atoms with Gasteiger partial charge in [-0.15, -0.1) is 0 Å². The largest absolute Gasteiger partial charge is 0.481 e. The number of rotatable bonds is 15.